The predicted molar refractivity (Wildman–Crippen MR) is 94.9 cm³/mol. The lowest BCUT2D eigenvalue weighted by Gasteiger charge is -2.45. The summed E-state index contributed by atoms with van der Waals surface area (Å²) in [5.74, 6) is 0.282. The van der Waals surface area contributed by atoms with E-state index in [0.29, 0.717) is 13.0 Å². The fourth-order valence-electron chi connectivity index (χ4n) is 3.65. The number of hydrogen-bond acceptors (Lipinski definition) is 4. The van der Waals surface area contributed by atoms with E-state index in [-0.39, 0.29) is 11.4 Å². The highest BCUT2D eigenvalue weighted by Crippen LogP contribution is 2.31. The number of rotatable bonds is 4. The Labute approximate surface area is 145 Å². The van der Waals surface area contributed by atoms with Gasteiger partial charge in [0.15, 0.2) is 0 Å². The standard InChI is InChI=1S/C19H29N3O2/c1-19(17-6-4-3-5-7-17)16-24-15-14-22(19)9-8-18(23)21-12-10-20(2)11-13-21/h3-7H,8-16H2,1-2H3/t19-/m1/s1. The van der Waals surface area contributed by atoms with E-state index in [1.165, 1.54) is 5.56 Å². The van der Waals surface area contributed by atoms with Gasteiger partial charge in [0.25, 0.3) is 0 Å². The summed E-state index contributed by atoms with van der Waals surface area (Å²) in [4.78, 5) is 19.3. The first-order chi connectivity index (χ1) is 11.6. The molecule has 24 heavy (non-hydrogen) atoms. The highest BCUT2D eigenvalue weighted by molar-refractivity contribution is 5.76. The molecule has 1 aromatic carbocycles. The van der Waals surface area contributed by atoms with Gasteiger partial charge in [-0.2, -0.15) is 0 Å². The molecule has 1 aromatic rings. The minimum absolute atomic E-state index is 0.151. The van der Waals surface area contributed by atoms with Gasteiger partial charge in [-0.05, 0) is 19.5 Å². The number of ether oxygens (including phenoxy) is 1. The molecular weight excluding hydrogens is 302 g/mol. The van der Waals surface area contributed by atoms with Crippen LogP contribution in [-0.4, -0.2) is 80.1 Å². The van der Waals surface area contributed by atoms with Gasteiger partial charge in [-0.3, -0.25) is 9.69 Å². The first-order valence-electron chi connectivity index (χ1n) is 8.94. The molecule has 5 heteroatoms. The SMILES string of the molecule is CN1CCN(C(=O)CCN2CCOC[C@]2(C)c2ccccc2)CC1. The van der Waals surface area contributed by atoms with Gasteiger partial charge in [-0.25, -0.2) is 0 Å². The minimum Gasteiger partial charge on any atom is -0.378 e. The minimum atomic E-state index is -0.151. The number of carbonyl (C=O) groups is 1. The quantitative estimate of drug-likeness (QED) is 0.836. The van der Waals surface area contributed by atoms with Gasteiger partial charge in [0.05, 0.1) is 18.8 Å². The van der Waals surface area contributed by atoms with Crippen LogP contribution < -0.4 is 0 Å². The molecular formula is C19H29N3O2. The van der Waals surface area contributed by atoms with Crippen molar-refractivity contribution in [2.45, 2.75) is 18.9 Å². The summed E-state index contributed by atoms with van der Waals surface area (Å²) in [5, 5.41) is 0. The lowest BCUT2D eigenvalue weighted by atomic mass is 9.89. The Hall–Kier alpha value is -1.43. The van der Waals surface area contributed by atoms with E-state index in [2.05, 4.69) is 48.0 Å². The topological polar surface area (TPSA) is 36.0 Å². The van der Waals surface area contributed by atoms with Gasteiger partial charge < -0.3 is 14.5 Å². The van der Waals surface area contributed by atoms with Gasteiger partial charge >= 0.3 is 0 Å². The summed E-state index contributed by atoms with van der Waals surface area (Å²) in [5.41, 5.74) is 1.11. The van der Waals surface area contributed by atoms with E-state index in [1.807, 2.05) is 11.0 Å². The Kier molecular flexibility index (Phi) is 5.54. The van der Waals surface area contributed by atoms with Crippen LogP contribution in [0.5, 0.6) is 0 Å². The molecule has 0 aliphatic carbocycles. The van der Waals surface area contributed by atoms with Gasteiger partial charge in [0.1, 0.15) is 0 Å². The fourth-order valence-corrected chi connectivity index (χ4v) is 3.65. The van der Waals surface area contributed by atoms with E-state index in [4.69, 9.17) is 4.74 Å². The molecule has 0 unspecified atom stereocenters. The molecule has 0 spiro atoms. The molecule has 1 atom stereocenters. The van der Waals surface area contributed by atoms with Crippen LogP contribution in [0.1, 0.15) is 18.9 Å². The normalized spacial score (nSPS) is 26.5. The van der Waals surface area contributed by atoms with Crippen LogP contribution in [0, 0.1) is 0 Å². The first-order valence-corrected chi connectivity index (χ1v) is 8.94. The number of carbonyl (C=O) groups excluding carboxylic acids is 1. The van der Waals surface area contributed by atoms with Crippen LogP contribution in [0.3, 0.4) is 0 Å². The molecule has 5 nitrogen and oxygen atoms in total. The maximum absolute atomic E-state index is 12.5. The molecule has 2 aliphatic rings. The van der Waals surface area contributed by atoms with Gasteiger partial charge in [-0.15, -0.1) is 0 Å². The third-order valence-electron chi connectivity index (χ3n) is 5.43. The van der Waals surface area contributed by atoms with E-state index in [1.54, 1.807) is 0 Å². The maximum atomic E-state index is 12.5. The monoisotopic (exact) mass is 331 g/mol. The highest BCUT2D eigenvalue weighted by atomic mass is 16.5. The molecule has 132 valence electrons. The van der Waals surface area contributed by atoms with E-state index in [0.717, 1.165) is 45.9 Å². The third-order valence-corrected chi connectivity index (χ3v) is 5.43. The Morgan fingerprint density at radius 3 is 2.54 bits per heavy atom. The van der Waals surface area contributed by atoms with Crippen molar-refractivity contribution < 1.29 is 9.53 Å². The van der Waals surface area contributed by atoms with Crippen molar-refractivity contribution in [1.29, 1.82) is 0 Å². The van der Waals surface area contributed by atoms with Crippen molar-refractivity contribution in [2.75, 3.05) is 59.5 Å². The van der Waals surface area contributed by atoms with Gasteiger partial charge in [0.2, 0.25) is 5.91 Å². The second-order valence-corrected chi connectivity index (χ2v) is 7.11. The van der Waals surface area contributed by atoms with Crippen LogP contribution in [0.15, 0.2) is 30.3 Å². The van der Waals surface area contributed by atoms with Crippen molar-refractivity contribution in [3.63, 3.8) is 0 Å². The van der Waals surface area contributed by atoms with Crippen molar-refractivity contribution in [3.05, 3.63) is 35.9 Å². The third kappa shape index (κ3) is 3.79. The molecule has 0 saturated carbocycles. The second kappa shape index (κ2) is 7.64. The number of amides is 1. The molecule has 3 rings (SSSR count). The molecule has 0 radical (unpaired) electrons. The molecule has 2 aliphatic heterocycles. The van der Waals surface area contributed by atoms with Crippen LogP contribution >= 0.6 is 0 Å². The van der Waals surface area contributed by atoms with E-state index < -0.39 is 0 Å². The fraction of sp³-hybridized carbons (Fsp3) is 0.632. The van der Waals surface area contributed by atoms with E-state index >= 15 is 0 Å². The number of hydrogen-bond donors (Lipinski definition) is 0. The Balaban J connectivity index is 1.61. The van der Waals surface area contributed by atoms with Crippen LogP contribution in [0.2, 0.25) is 0 Å². The summed E-state index contributed by atoms with van der Waals surface area (Å²) < 4.78 is 5.76. The average molecular weight is 331 g/mol. The number of benzene rings is 1. The van der Waals surface area contributed by atoms with Crippen LogP contribution in [0.4, 0.5) is 0 Å². The van der Waals surface area contributed by atoms with Crippen molar-refractivity contribution in [1.82, 2.24) is 14.7 Å². The van der Waals surface area contributed by atoms with E-state index in [9.17, 15) is 4.79 Å². The lowest BCUT2D eigenvalue weighted by molar-refractivity contribution is -0.134. The summed E-state index contributed by atoms with van der Waals surface area (Å²) >= 11 is 0. The molecule has 0 bridgehead atoms. The molecule has 2 fully saturated rings. The first kappa shape index (κ1) is 17.4. The van der Waals surface area contributed by atoms with Crippen molar-refractivity contribution in [2.24, 2.45) is 0 Å². The summed E-state index contributed by atoms with van der Waals surface area (Å²) in [6.45, 7) is 8.98. The zero-order valence-corrected chi connectivity index (χ0v) is 14.9. The van der Waals surface area contributed by atoms with Gasteiger partial charge in [0, 0.05) is 45.7 Å². The molecule has 0 aromatic heterocycles. The number of likely N-dealkylation sites (N-methyl/N-ethyl adjacent to an activating group) is 1. The number of piperazine rings is 1. The Bertz CT molecular complexity index is 543. The highest BCUT2D eigenvalue weighted by Gasteiger charge is 2.37. The summed E-state index contributed by atoms with van der Waals surface area (Å²) in [6, 6.07) is 10.5. The smallest absolute Gasteiger partial charge is 0.223 e. The molecule has 2 saturated heterocycles. The summed E-state index contributed by atoms with van der Waals surface area (Å²) in [7, 11) is 2.11. The van der Waals surface area contributed by atoms with Gasteiger partial charge in [-0.1, -0.05) is 30.3 Å². The molecule has 1 amide bonds. The largest absolute Gasteiger partial charge is 0.378 e. The summed E-state index contributed by atoms with van der Waals surface area (Å²) in [6.07, 6.45) is 0.589. The Morgan fingerprint density at radius 1 is 1.12 bits per heavy atom. The zero-order chi connectivity index (χ0) is 17.0. The van der Waals surface area contributed by atoms with Crippen LogP contribution in [0.25, 0.3) is 0 Å². The van der Waals surface area contributed by atoms with Crippen molar-refractivity contribution in [3.8, 4) is 0 Å². The maximum Gasteiger partial charge on any atom is 0.223 e. The molecule has 2 heterocycles. The zero-order valence-electron chi connectivity index (χ0n) is 14.9. The Morgan fingerprint density at radius 2 is 1.83 bits per heavy atom. The van der Waals surface area contributed by atoms with Crippen LogP contribution in [-0.2, 0) is 15.1 Å². The predicted octanol–water partition coefficient (Wildman–Crippen LogP) is 1.40. The second-order valence-electron chi connectivity index (χ2n) is 7.11. The number of morpholine rings is 1. The average Bonchev–Trinajstić information content (AvgIpc) is 2.62. The van der Waals surface area contributed by atoms with Crippen molar-refractivity contribution >= 4 is 5.91 Å². The molecule has 0 N–H and O–H groups in total. The number of nitrogens with zero attached hydrogens (tertiary/aromatic N) is 3. The lowest BCUT2D eigenvalue weighted by Crippen LogP contribution is -2.54.